The molecule has 0 spiro atoms. The number of benzene rings is 2. The summed E-state index contributed by atoms with van der Waals surface area (Å²) in [6, 6.07) is 15.0. The summed E-state index contributed by atoms with van der Waals surface area (Å²) in [4.78, 5) is 38.1. The highest BCUT2D eigenvalue weighted by molar-refractivity contribution is 6.00. The average molecular weight is 518 g/mol. The van der Waals surface area contributed by atoms with Gasteiger partial charge in [-0.05, 0) is 41.5 Å². The molecule has 1 N–H and O–H groups in total. The van der Waals surface area contributed by atoms with Crippen LogP contribution in [0, 0.1) is 5.92 Å². The molecule has 2 unspecified atom stereocenters. The van der Waals surface area contributed by atoms with E-state index in [-0.39, 0.29) is 29.2 Å². The van der Waals surface area contributed by atoms with Gasteiger partial charge in [-0.3, -0.25) is 9.59 Å². The molecule has 1 aromatic heterocycles. The Morgan fingerprint density at radius 2 is 1.79 bits per heavy atom. The minimum Gasteiger partial charge on any atom is -0.493 e. The molecule has 0 saturated heterocycles. The summed E-state index contributed by atoms with van der Waals surface area (Å²) >= 11 is 0. The number of hydrogen-bond donors (Lipinski definition) is 1. The number of nitrogens with zero attached hydrogens (tertiary/aromatic N) is 1. The van der Waals surface area contributed by atoms with Crippen LogP contribution in [0.1, 0.15) is 77.4 Å². The highest BCUT2D eigenvalue weighted by Crippen LogP contribution is 2.41. The van der Waals surface area contributed by atoms with Gasteiger partial charge >= 0.3 is 5.97 Å². The lowest BCUT2D eigenvalue weighted by atomic mass is 9.85. The molecule has 1 aliphatic heterocycles. The van der Waals surface area contributed by atoms with Gasteiger partial charge in [-0.15, -0.1) is 0 Å². The molecule has 7 nitrogen and oxygen atoms in total. The van der Waals surface area contributed by atoms with Crippen LogP contribution in [0.3, 0.4) is 0 Å². The van der Waals surface area contributed by atoms with Crippen molar-refractivity contribution in [1.82, 2.24) is 4.57 Å². The molecule has 2 aromatic carbocycles. The van der Waals surface area contributed by atoms with Crippen LogP contribution < -0.4 is 10.2 Å². The zero-order valence-corrected chi connectivity index (χ0v) is 22.4. The molecule has 4 rings (SSSR count). The number of Topliss-reactive ketones (excluding diaryl/α,β-unsaturated/α-hetero) is 1. The first kappa shape index (κ1) is 27.3. The third-order valence-electron chi connectivity index (χ3n) is 7.26. The number of ether oxygens (including phenoxy) is 2. The number of carboxylic acid groups (broad SMARTS) is 1. The standard InChI is InChI=1S/C31H35NO6/c1-19(2)26-14-22-15-30(38-12-8-11-37-4)24(28(33)13-20(3)21-9-6-5-7-10-21)16-23(22)27-17-29(34)25(31(35)36)18-32(26)27/h5-7,9-10,15-20,26H,8,11-14H2,1-4H3,(H,35,36). The van der Waals surface area contributed by atoms with Crippen LogP contribution >= 0.6 is 0 Å². The smallest absolute Gasteiger partial charge is 0.341 e. The number of aromatic nitrogens is 1. The van der Waals surface area contributed by atoms with Crippen molar-refractivity contribution in [3.63, 3.8) is 0 Å². The Labute approximate surface area is 223 Å². The molecule has 2 heterocycles. The number of methoxy groups -OCH3 is 1. The molecule has 0 amide bonds. The first-order valence-corrected chi connectivity index (χ1v) is 13.1. The number of carbonyl (C=O) groups is 2. The first-order chi connectivity index (χ1) is 18.2. The van der Waals surface area contributed by atoms with Gasteiger partial charge in [-0.25, -0.2) is 4.79 Å². The third kappa shape index (κ3) is 5.73. The molecule has 3 aromatic rings. The monoisotopic (exact) mass is 517 g/mol. The van der Waals surface area contributed by atoms with Crippen LogP contribution in [0.4, 0.5) is 0 Å². The summed E-state index contributed by atoms with van der Waals surface area (Å²) in [5.74, 6) is -0.563. The summed E-state index contributed by atoms with van der Waals surface area (Å²) in [5.41, 5.74) is 3.10. The molecule has 2 atom stereocenters. The molecular formula is C31H35NO6. The Morgan fingerprint density at radius 1 is 1.05 bits per heavy atom. The van der Waals surface area contributed by atoms with Gasteiger partial charge in [-0.2, -0.15) is 0 Å². The third-order valence-corrected chi connectivity index (χ3v) is 7.26. The Hall–Kier alpha value is -3.71. The number of ketones is 1. The normalized spacial score (nSPS) is 15.0. The number of carbonyl (C=O) groups excluding carboxylic acids is 1. The van der Waals surface area contributed by atoms with Crippen LogP contribution in [-0.4, -0.2) is 41.7 Å². The van der Waals surface area contributed by atoms with Crippen LogP contribution in [0.5, 0.6) is 5.75 Å². The molecule has 0 aliphatic carbocycles. The molecule has 7 heteroatoms. The molecule has 1 aliphatic rings. The van der Waals surface area contributed by atoms with Crippen LogP contribution in [-0.2, 0) is 11.2 Å². The summed E-state index contributed by atoms with van der Waals surface area (Å²) < 4.78 is 13.2. The fourth-order valence-corrected chi connectivity index (χ4v) is 5.12. The molecule has 200 valence electrons. The predicted molar refractivity (Wildman–Crippen MR) is 146 cm³/mol. The van der Waals surface area contributed by atoms with Gasteiger partial charge in [0, 0.05) is 50.4 Å². The van der Waals surface area contributed by atoms with Gasteiger partial charge in [0.25, 0.3) is 0 Å². The summed E-state index contributed by atoms with van der Waals surface area (Å²) in [7, 11) is 1.64. The fourth-order valence-electron chi connectivity index (χ4n) is 5.12. The van der Waals surface area contributed by atoms with Crippen molar-refractivity contribution in [2.45, 2.75) is 52.0 Å². The molecule has 0 radical (unpaired) electrons. The van der Waals surface area contributed by atoms with Gasteiger partial charge < -0.3 is 19.1 Å². The predicted octanol–water partition coefficient (Wildman–Crippen LogP) is 5.76. The van der Waals surface area contributed by atoms with E-state index >= 15 is 0 Å². The van der Waals surface area contributed by atoms with Gasteiger partial charge in [0.2, 0.25) is 0 Å². The topological polar surface area (TPSA) is 94.8 Å². The van der Waals surface area contributed by atoms with Crippen LogP contribution in [0.2, 0.25) is 0 Å². The number of fused-ring (bicyclic) bond motifs is 3. The van der Waals surface area contributed by atoms with Gasteiger partial charge in [-0.1, -0.05) is 51.1 Å². The highest BCUT2D eigenvalue weighted by Gasteiger charge is 2.30. The van der Waals surface area contributed by atoms with Gasteiger partial charge in [0.15, 0.2) is 11.2 Å². The lowest BCUT2D eigenvalue weighted by molar-refractivity contribution is 0.0694. The van der Waals surface area contributed by atoms with Gasteiger partial charge in [0.1, 0.15) is 11.3 Å². The van der Waals surface area contributed by atoms with E-state index in [4.69, 9.17) is 9.47 Å². The zero-order chi connectivity index (χ0) is 27.4. The van der Waals surface area contributed by atoms with E-state index < -0.39 is 11.4 Å². The lowest BCUT2D eigenvalue weighted by Crippen LogP contribution is -2.28. The zero-order valence-electron chi connectivity index (χ0n) is 22.4. The average Bonchev–Trinajstić information content (AvgIpc) is 2.90. The molecular weight excluding hydrogens is 482 g/mol. The van der Waals surface area contributed by atoms with E-state index in [1.54, 1.807) is 7.11 Å². The minimum absolute atomic E-state index is 0.0134. The van der Waals surface area contributed by atoms with Crippen molar-refractivity contribution in [2.75, 3.05) is 20.3 Å². The number of hydrogen-bond acceptors (Lipinski definition) is 5. The van der Waals surface area contributed by atoms with Crippen molar-refractivity contribution in [3.8, 4) is 17.0 Å². The maximum absolute atomic E-state index is 13.7. The SMILES string of the molecule is COCCCOc1cc2c(cc1C(=O)CC(C)c1ccccc1)-c1cc(=O)c(C(=O)O)cn1C(C(C)C)C2. The number of aromatic carboxylic acids is 1. The summed E-state index contributed by atoms with van der Waals surface area (Å²) in [5, 5.41) is 9.56. The Kier molecular flexibility index (Phi) is 8.47. The van der Waals surface area contributed by atoms with Crippen molar-refractivity contribution in [3.05, 3.63) is 87.2 Å². The van der Waals surface area contributed by atoms with Crippen molar-refractivity contribution in [1.29, 1.82) is 0 Å². The maximum Gasteiger partial charge on any atom is 0.341 e. The van der Waals surface area contributed by atoms with Gasteiger partial charge in [0.05, 0.1) is 17.9 Å². The van der Waals surface area contributed by atoms with Crippen LogP contribution in [0.15, 0.2) is 59.5 Å². The van der Waals surface area contributed by atoms with Crippen LogP contribution in [0.25, 0.3) is 11.3 Å². The molecule has 0 fully saturated rings. The summed E-state index contributed by atoms with van der Waals surface area (Å²) in [6.45, 7) is 7.13. The second kappa shape index (κ2) is 11.8. The quantitative estimate of drug-likeness (QED) is 0.257. The maximum atomic E-state index is 13.7. The molecule has 0 saturated carbocycles. The Balaban J connectivity index is 1.80. The van der Waals surface area contributed by atoms with Crippen molar-refractivity contribution < 1.29 is 24.2 Å². The largest absolute Gasteiger partial charge is 0.493 e. The van der Waals surface area contributed by atoms with E-state index in [9.17, 15) is 19.5 Å². The Morgan fingerprint density at radius 3 is 2.45 bits per heavy atom. The van der Waals surface area contributed by atoms with E-state index in [2.05, 4.69) is 13.8 Å². The molecule has 0 bridgehead atoms. The number of rotatable bonds is 11. The number of pyridine rings is 1. The lowest BCUT2D eigenvalue weighted by Gasteiger charge is -2.34. The second-order valence-electron chi connectivity index (χ2n) is 10.3. The van der Waals surface area contributed by atoms with E-state index in [1.165, 1.54) is 12.3 Å². The first-order valence-electron chi connectivity index (χ1n) is 13.1. The van der Waals surface area contributed by atoms with E-state index in [1.807, 2.05) is 54.0 Å². The molecule has 38 heavy (non-hydrogen) atoms. The highest BCUT2D eigenvalue weighted by atomic mass is 16.5. The van der Waals surface area contributed by atoms with Crippen molar-refractivity contribution in [2.24, 2.45) is 5.92 Å². The van der Waals surface area contributed by atoms with Crippen molar-refractivity contribution >= 4 is 11.8 Å². The fraction of sp³-hybridized carbons (Fsp3) is 0.387. The number of carboxylic acids is 1. The van der Waals surface area contributed by atoms with E-state index in [0.29, 0.717) is 49.5 Å². The minimum atomic E-state index is -1.25. The second-order valence-corrected chi connectivity index (χ2v) is 10.3. The Bertz CT molecular complexity index is 1380. The summed E-state index contributed by atoms with van der Waals surface area (Å²) in [6.07, 6.45) is 3.07. The van der Waals surface area contributed by atoms with E-state index in [0.717, 1.165) is 16.7 Å².